The van der Waals surface area contributed by atoms with E-state index in [1.165, 1.54) is 0 Å². The van der Waals surface area contributed by atoms with Crippen molar-refractivity contribution in [2.75, 3.05) is 11.9 Å². The molecule has 0 saturated carbocycles. The average molecular weight is 296 g/mol. The monoisotopic (exact) mass is 296 g/mol. The molecular formula is C18H20N2O2. The van der Waals surface area contributed by atoms with Crippen molar-refractivity contribution in [1.82, 2.24) is 4.90 Å². The molecule has 4 nitrogen and oxygen atoms in total. The van der Waals surface area contributed by atoms with Gasteiger partial charge in [-0.2, -0.15) is 0 Å². The third-order valence-corrected chi connectivity index (χ3v) is 3.60. The Kier molecular flexibility index (Phi) is 3.75. The second-order valence-electron chi connectivity index (χ2n) is 6.12. The summed E-state index contributed by atoms with van der Waals surface area (Å²) in [4.78, 5) is 14.4. The van der Waals surface area contributed by atoms with Gasteiger partial charge in [-0.15, -0.1) is 0 Å². The maximum atomic E-state index is 12.6. The number of hydrogen-bond donors (Lipinski definition) is 1. The van der Waals surface area contributed by atoms with Crippen LogP contribution in [0.25, 0.3) is 0 Å². The quantitative estimate of drug-likeness (QED) is 0.867. The summed E-state index contributed by atoms with van der Waals surface area (Å²) >= 11 is 0. The van der Waals surface area contributed by atoms with E-state index in [1.54, 1.807) is 4.90 Å². The molecule has 22 heavy (non-hydrogen) atoms. The molecule has 0 fully saturated rings. The molecule has 0 radical (unpaired) electrons. The minimum atomic E-state index is -0.430. The fourth-order valence-electron chi connectivity index (χ4n) is 2.65. The van der Waals surface area contributed by atoms with E-state index in [0.717, 1.165) is 17.0 Å². The number of carbonyl (C=O) groups is 1. The first-order valence-corrected chi connectivity index (χ1v) is 7.41. The summed E-state index contributed by atoms with van der Waals surface area (Å²) in [5.74, 6) is 0.850. The van der Waals surface area contributed by atoms with E-state index in [1.807, 2.05) is 68.4 Å². The van der Waals surface area contributed by atoms with Crippen molar-refractivity contribution in [2.45, 2.75) is 26.0 Å². The Morgan fingerprint density at radius 2 is 1.77 bits per heavy atom. The van der Waals surface area contributed by atoms with Crippen LogP contribution < -0.4 is 10.1 Å². The highest BCUT2D eigenvalue weighted by Gasteiger charge is 2.31. The first kappa shape index (κ1) is 14.4. The highest BCUT2D eigenvalue weighted by atomic mass is 16.5. The van der Waals surface area contributed by atoms with Gasteiger partial charge in [-0.1, -0.05) is 36.4 Å². The zero-order valence-corrected chi connectivity index (χ0v) is 12.9. The van der Waals surface area contributed by atoms with Gasteiger partial charge < -0.3 is 15.0 Å². The first-order valence-electron chi connectivity index (χ1n) is 7.41. The molecule has 0 aliphatic carbocycles. The van der Waals surface area contributed by atoms with E-state index in [2.05, 4.69) is 5.32 Å². The summed E-state index contributed by atoms with van der Waals surface area (Å²) in [6, 6.07) is 17.3. The first-order chi connectivity index (χ1) is 10.5. The normalized spacial score (nSPS) is 16.2. The number of ether oxygens (including phenoxy) is 1. The van der Waals surface area contributed by atoms with E-state index in [9.17, 15) is 4.79 Å². The predicted octanol–water partition coefficient (Wildman–Crippen LogP) is 3.89. The van der Waals surface area contributed by atoms with Crippen LogP contribution >= 0.6 is 0 Å². The maximum absolute atomic E-state index is 12.6. The summed E-state index contributed by atoms with van der Waals surface area (Å²) in [5, 5.41) is 2.94. The van der Waals surface area contributed by atoms with Crippen LogP contribution in [0.1, 0.15) is 19.4 Å². The largest absolute Gasteiger partial charge is 0.486 e. The lowest BCUT2D eigenvalue weighted by atomic mass is 10.1. The van der Waals surface area contributed by atoms with Crippen molar-refractivity contribution in [3.8, 4) is 5.75 Å². The number of hydrogen-bond acceptors (Lipinski definition) is 2. The Morgan fingerprint density at radius 3 is 2.55 bits per heavy atom. The SMILES string of the molecule is CC1(C)CN(C(=O)Nc2ccccc2)Cc2ccccc2O1. The van der Waals surface area contributed by atoms with E-state index < -0.39 is 5.60 Å². The second kappa shape index (κ2) is 5.72. The van der Waals surface area contributed by atoms with Gasteiger partial charge >= 0.3 is 6.03 Å². The van der Waals surface area contributed by atoms with Crippen LogP contribution in [0.3, 0.4) is 0 Å². The molecule has 0 bridgehead atoms. The zero-order chi connectivity index (χ0) is 15.6. The number of urea groups is 1. The number of carbonyl (C=O) groups excluding carboxylic acids is 1. The lowest BCUT2D eigenvalue weighted by Crippen LogP contribution is -2.44. The Morgan fingerprint density at radius 1 is 1.09 bits per heavy atom. The van der Waals surface area contributed by atoms with Crippen LogP contribution in [0, 0.1) is 0 Å². The Labute approximate surface area is 130 Å². The lowest BCUT2D eigenvalue weighted by molar-refractivity contribution is 0.0835. The van der Waals surface area contributed by atoms with Gasteiger partial charge in [0.15, 0.2) is 0 Å². The number of para-hydroxylation sites is 2. The fraction of sp³-hybridized carbons (Fsp3) is 0.278. The van der Waals surface area contributed by atoms with Gasteiger partial charge in [-0.25, -0.2) is 4.79 Å². The van der Waals surface area contributed by atoms with Crippen molar-refractivity contribution in [1.29, 1.82) is 0 Å². The van der Waals surface area contributed by atoms with E-state index in [0.29, 0.717) is 13.1 Å². The van der Waals surface area contributed by atoms with Crippen LogP contribution in [-0.2, 0) is 6.54 Å². The number of amides is 2. The van der Waals surface area contributed by atoms with Gasteiger partial charge in [0.05, 0.1) is 13.1 Å². The van der Waals surface area contributed by atoms with Gasteiger partial charge in [0.2, 0.25) is 0 Å². The fourth-order valence-corrected chi connectivity index (χ4v) is 2.65. The minimum Gasteiger partial charge on any atom is -0.486 e. The number of nitrogens with one attached hydrogen (secondary N) is 1. The smallest absolute Gasteiger partial charge is 0.322 e. The molecule has 1 aliphatic heterocycles. The summed E-state index contributed by atoms with van der Waals surface area (Å²) in [6.07, 6.45) is 0. The van der Waals surface area contributed by atoms with E-state index in [-0.39, 0.29) is 6.03 Å². The van der Waals surface area contributed by atoms with Crippen molar-refractivity contribution in [2.24, 2.45) is 0 Å². The van der Waals surface area contributed by atoms with Crippen LogP contribution in [0.2, 0.25) is 0 Å². The van der Waals surface area contributed by atoms with Crippen LogP contribution in [-0.4, -0.2) is 23.1 Å². The molecule has 0 unspecified atom stereocenters. The van der Waals surface area contributed by atoms with Gasteiger partial charge in [0, 0.05) is 11.3 Å². The highest BCUT2D eigenvalue weighted by Crippen LogP contribution is 2.29. The molecule has 3 rings (SSSR count). The molecular weight excluding hydrogens is 276 g/mol. The van der Waals surface area contributed by atoms with E-state index in [4.69, 9.17) is 4.74 Å². The van der Waals surface area contributed by atoms with Gasteiger partial charge in [-0.05, 0) is 32.0 Å². The van der Waals surface area contributed by atoms with Crippen molar-refractivity contribution >= 4 is 11.7 Å². The molecule has 2 amide bonds. The maximum Gasteiger partial charge on any atom is 0.322 e. The topological polar surface area (TPSA) is 41.6 Å². The number of anilines is 1. The van der Waals surface area contributed by atoms with Gasteiger partial charge in [-0.3, -0.25) is 0 Å². The third-order valence-electron chi connectivity index (χ3n) is 3.60. The predicted molar refractivity (Wildman–Crippen MR) is 87.0 cm³/mol. The number of fused-ring (bicyclic) bond motifs is 1. The summed E-state index contributed by atoms with van der Waals surface area (Å²) < 4.78 is 6.05. The van der Waals surface area contributed by atoms with Crippen LogP contribution in [0.15, 0.2) is 54.6 Å². The highest BCUT2D eigenvalue weighted by molar-refractivity contribution is 5.89. The molecule has 2 aromatic carbocycles. The molecule has 1 aliphatic rings. The number of nitrogens with zero attached hydrogens (tertiary/aromatic N) is 1. The molecule has 0 spiro atoms. The molecule has 1 heterocycles. The Hall–Kier alpha value is -2.49. The molecule has 2 aromatic rings. The Balaban J connectivity index is 1.82. The molecule has 114 valence electrons. The van der Waals surface area contributed by atoms with Crippen molar-refractivity contribution < 1.29 is 9.53 Å². The Bertz CT molecular complexity index is 668. The lowest BCUT2D eigenvalue weighted by Gasteiger charge is -2.29. The van der Waals surface area contributed by atoms with Crippen LogP contribution in [0.4, 0.5) is 10.5 Å². The molecule has 4 heteroatoms. The molecule has 0 saturated heterocycles. The minimum absolute atomic E-state index is 0.112. The summed E-state index contributed by atoms with van der Waals surface area (Å²) in [5.41, 5.74) is 1.39. The second-order valence-corrected chi connectivity index (χ2v) is 6.12. The van der Waals surface area contributed by atoms with Crippen molar-refractivity contribution in [3.05, 3.63) is 60.2 Å². The number of benzene rings is 2. The third kappa shape index (κ3) is 3.22. The van der Waals surface area contributed by atoms with Crippen LogP contribution in [0.5, 0.6) is 5.75 Å². The van der Waals surface area contributed by atoms with Crippen molar-refractivity contribution in [3.63, 3.8) is 0 Å². The average Bonchev–Trinajstić information content (AvgIpc) is 2.62. The summed E-state index contributed by atoms with van der Waals surface area (Å²) in [6.45, 7) is 5.06. The molecule has 0 aromatic heterocycles. The van der Waals surface area contributed by atoms with Gasteiger partial charge in [0.25, 0.3) is 0 Å². The standard InChI is InChI=1S/C18H20N2O2/c1-18(2)13-20(12-14-8-6-7-11-16(14)22-18)17(21)19-15-9-4-3-5-10-15/h3-11H,12-13H2,1-2H3,(H,19,21). The summed E-state index contributed by atoms with van der Waals surface area (Å²) in [7, 11) is 0. The molecule has 1 N–H and O–H groups in total. The number of rotatable bonds is 1. The van der Waals surface area contributed by atoms with E-state index >= 15 is 0 Å². The zero-order valence-electron chi connectivity index (χ0n) is 12.9. The van der Waals surface area contributed by atoms with Gasteiger partial charge in [0.1, 0.15) is 11.4 Å². The molecule has 0 atom stereocenters.